The highest BCUT2D eigenvalue weighted by Crippen LogP contribution is 2.37. The summed E-state index contributed by atoms with van der Waals surface area (Å²) < 4.78 is 0. The summed E-state index contributed by atoms with van der Waals surface area (Å²) in [6, 6.07) is 4.65. The van der Waals surface area contributed by atoms with Gasteiger partial charge in [0.25, 0.3) is 0 Å². The Balaban J connectivity index is 2.02. The van der Waals surface area contributed by atoms with Gasteiger partial charge in [0, 0.05) is 23.7 Å². The monoisotopic (exact) mass is 276 g/mol. The van der Waals surface area contributed by atoms with Crippen molar-refractivity contribution < 1.29 is 0 Å². The van der Waals surface area contributed by atoms with Crippen molar-refractivity contribution in [1.29, 1.82) is 5.26 Å². The Morgan fingerprint density at radius 3 is 2.84 bits per heavy atom. The van der Waals surface area contributed by atoms with E-state index >= 15 is 0 Å². The Kier molecular flexibility index (Phi) is 4.78. The van der Waals surface area contributed by atoms with Crippen LogP contribution in [-0.4, -0.2) is 26.8 Å². The third-order valence-corrected chi connectivity index (χ3v) is 4.46. The van der Waals surface area contributed by atoms with Crippen LogP contribution in [0.5, 0.6) is 0 Å². The van der Waals surface area contributed by atoms with E-state index in [1.54, 1.807) is 24.2 Å². The molecule has 1 aliphatic rings. The molecule has 4 nitrogen and oxygen atoms in total. The first-order valence-corrected chi connectivity index (χ1v) is 7.64. The number of hydrogen-bond acceptors (Lipinski definition) is 5. The van der Waals surface area contributed by atoms with Crippen LogP contribution in [0.1, 0.15) is 39.5 Å². The molecular formula is C14H20N4S. The molecule has 0 amide bonds. The van der Waals surface area contributed by atoms with Crippen molar-refractivity contribution in [3.63, 3.8) is 0 Å². The Bertz CT molecular complexity index is 443. The molecule has 0 spiro atoms. The molecule has 0 aromatic carbocycles. The largest absolute Gasteiger partial charge is 0.297 e. The van der Waals surface area contributed by atoms with Crippen LogP contribution in [0.3, 0.4) is 0 Å². The molecule has 1 aromatic rings. The maximum absolute atomic E-state index is 9.52. The van der Waals surface area contributed by atoms with Gasteiger partial charge in [-0.3, -0.25) is 5.32 Å². The number of thioether (sulfide) groups is 1. The van der Waals surface area contributed by atoms with E-state index in [2.05, 4.69) is 35.2 Å². The summed E-state index contributed by atoms with van der Waals surface area (Å²) in [5.74, 6) is 0. The van der Waals surface area contributed by atoms with Crippen molar-refractivity contribution in [3.05, 3.63) is 18.5 Å². The molecule has 1 N–H and O–H groups in total. The minimum atomic E-state index is -0.376. The summed E-state index contributed by atoms with van der Waals surface area (Å²) in [7, 11) is 0. The van der Waals surface area contributed by atoms with Crippen molar-refractivity contribution in [3.8, 4) is 6.07 Å². The molecular weight excluding hydrogens is 256 g/mol. The first-order chi connectivity index (χ1) is 9.13. The SMILES string of the molecule is CC(C)NC1(C#N)CCCC(Sc2ncccn2)C1. The number of nitrogens with zero attached hydrogens (tertiary/aromatic N) is 3. The molecule has 1 heterocycles. The smallest absolute Gasteiger partial charge is 0.187 e. The molecule has 0 saturated heterocycles. The predicted octanol–water partition coefficient (Wildman–Crippen LogP) is 2.77. The molecule has 0 radical (unpaired) electrons. The van der Waals surface area contributed by atoms with E-state index in [1.165, 1.54) is 0 Å². The zero-order valence-corrected chi connectivity index (χ0v) is 12.3. The van der Waals surface area contributed by atoms with E-state index in [1.807, 2.05) is 6.07 Å². The first kappa shape index (κ1) is 14.3. The van der Waals surface area contributed by atoms with Crippen molar-refractivity contribution in [2.24, 2.45) is 0 Å². The standard InChI is InChI=1S/C14H20N4S/c1-11(2)18-14(10-15)6-3-5-12(9-14)19-13-16-7-4-8-17-13/h4,7-8,11-12,18H,3,5-6,9H2,1-2H3. The second-order valence-electron chi connectivity index (χ2n) is 5.36. The van der Waals surface area contributed by atoms with Crippen LogP contribution >= 0.6 is 11.8 Å². The summed E-state index contributed by atoms with van der Waals surface area (Å²) in [5, 5.41) is 14.2. The fourth-order valence-corrected chi connectivity index (χ4v) is 3.83. The second kappa shape index (κ2) is 6.36. The van der Waals surface area contributed by atoms with Gasteiger partial charge < -0.3 is 0 Å². The lowest BCUT2D eigenvalue weighted by Crippen LogP contribution is -2.51. The summed E-state index contributed by atoms with van der Waals surface area (Å²) in [6.07, 6.45) is 7.55. The summed E-state index contributed by atoms with van der Waals surface area (Å²) in [5.41, 5.74) is -0.376. The van der Waals surface area contributed by atoms with Gasteiger partial charge >= 0.3 is 0 Å². The third kappa shape index (κ3) is 3.92. The quantitative estimate of drug-likeness (QED) is 0.857. The topological polar surface area (TPSA) is 61.6 Å². The minimum absolute atomic E-state index is 0.330. The van der Waals surface area contributed by atoms with Crippen molar-refractivity contribution in [2.75, 3.05) is 0 Å². The first-order valence-electron chi connectivity index (χ1n) is 6.76. The molecule has 2 atom stereocenters. The maximum atomic E-state index is 9.52. The van der Waals surface area contributed by atoms with E-state index in [0.717, 1.165) is 30.8 Å². The molecule has 0 bridgehead atoms. The van der Waals surface area contributed by atoms with Crippen LogP contribution in [-0.2, 0) is 0 Å². The highest BCUT2D eigenvalue weighted by molar-refractivity contribution is 7.99. The van der Waals surface area contributed by atoms with Crippen molar-refractivity contribution in [1.82, 2.24) is 15.3 Å². The Morgan fingerprint density at radius 2 is 2.21 bits per heavy atom. The van der Waals surface area contributed by atoms with Gasteiger partial charge in [-0.1, -0.05) is 11.8 Å². The molecule has 1 aliphatic carbocycles. The molecule has 2 unspecified atom stereocenters. The second-order valence-corrected chi connectivity index (χ2v) is 6.63. The highest BCUT2D eigenvalue weighted by Gasteiger charge is 2.37. The number of aromatic nitrogens is 2. The van der Waals surface area contributed by atoms with E-state index in [4.69, 9.17) is 0 Å². The molecule has 102 valence electrons. The molecule has 2 rings (SSSR count). The summed E-state index contributed by atoms with van der Waals surface area (Å²) in [6.45, 7) is 4.19. The Labute approximate surface area is 119 Å². The van der Waals surface area contributed by atoms with Crippen molar-refractivity contribution in [2.45, 2.75) is 61.5 Å². The van der Waals surface area contributed by atoms with Gasteiger partial charge in [-0.2, -0.15) is 5.26 Å². The summed E-state index contributed by atoms with van der Waals surface area (Å²) in [4.78, 5) is 8.51. The van der Waals surface area contributed by atoms with Gasteiger partial charge in [-0.15, -0.1) is 0 Å². The van der Waals surface area contributed by atoms with Crippen LogP contribution in [0.15, 0.2) is 23.6 Å². The number of hydrogen-bond donors (Lipinski definition) is 1. The predicted molar refractivity (Wildman–Crippen MR) is 76.8 cm³/mol. The summed E-state index contributed by atoms with van der Waals surface area (Å²) >= 11 is 1.70. The lowest BCUT2D eigenvalue weighted by molar-refractivity contribution is 0.284. The van der Waals surface area contributed by atoms with Gasteiger partial charge in [0.15, 0.2) is 5.16 Å². The molecule has 0 aliphatic heterocycles. The van der Waals surface area contributed by atoms with E-state index in [0.29, 0.717) is 11.3 Å². The van der Waals surface area contributed by atoms with Crippen LogP contribution in [0, 0.1) is 11.3 Å². The lowest BCUT2D eigenvalue weighted by atomic mass is 9.82. The fourth-order valence-electron chi connectivity index (χ4n) is 2.64. The molecule has 1 aromatic heterocycles. The zero-order chi connectivity index (χ0) is 13.7. The molecule has 1 saturated carbocycles. The molecule has 1 fully saturated rings. The van der Waals surface area contributed by atoms with Crippen LogP contribution in [0.2, 0.25) is 0 Å². The van der Waals surface area contributed by atoms with E-state index < -0.39 is 0 Å². The number of rotatable bonds is 4. The average Bonchev–Trinajstić information content (AvgIpc) is 2.39. The van der Waals surface area contributed by atoms with Gasteiger partial charge in [-0.25, -0.2) is 9.97 Å². The van der Waals surface area contributed by atoms with Gasteiger partial charge in [0.05, 0.1) is 6.07 Å². The number of nitrogens with one attached hydrogen (secondary N) is 1. The van der Waals surface area contributed by atoms with Gasteiger partial charge in [0.1, 0.15) is 5.54 Å². The van der Waals surface area contributed by atoms with Crippen molar-refractivity contribution >= 4 is 11.8 Å². The average molecular weight is 276 g/mol. The Hall–Kier alpha value is -1.12. The Morgan fingerprint density at radius 1 is 1.47 bits per heavy atom. The fraction of sp³-hybridized carbons (Fsp3) is 0.643. The molecule has 19 heavy (non-hydrogen) atoms. The van der Waals surface area contributed by atoms with Gasteiger partial charge in [-0.05, 0) is 45.6 Å². The third-order valence-electron chi connectivity index (χ3n) is 3.30. The zero-order valence-electron chi connectivity index (χ0n) is 11.5. The van der Waals surface area contributed by atoms with Crippen LogP contribution < -0.4 is 5.32 Å². The van der Waals surface area contributed by atoms with E-state index in [-0.39, 0.29) is 5.54 Å². The molecule has 5 heteroatoms. The highest BCUT2D eigenvalue weighted by atomic mass is 32.2. The lowest BCUT2D eigenvalue weighted by Gasteiger charge is -2.37. The maximum Gasteiger partial charge on any atom is 0.187 e. The van der Waals surface area contributed by atoms with Gasteiger partial charge in [0.2, 0.25) is 0 Å². The van der Waals surface area contributed by atoms with E-state index in [9.17, 15) is 5.26 Å². The minimum Gasteiger partial charge on any atom is -0.297 e. The number of nitriles is 1. The van der Waals surface area contributed by atoms with Crippen LogP contribution in [0.25, 0.3) is 0 Å². The normalized spacial score (nSPS) is 27.2. The van der Waals surface area contributed by atoms with Crippen LogP contribution in [0.4, 0.5) is 0 Å².